The van der Waals surface area contributed by atoms with Gasteiger partial charge in [0.1, 0.15) is 0 Å². The van der Waals surface area contributed by atoms with Crippen LogP contribution in [0, 0.1) is 0 Å². The molecule has 1 heterocycles. The molecule has 0 radical (unpaired) electrons. The van der Waals surface area contributed by atoms with E-state index in [2.05, 4.69) is 58.7 Å². The maximum atomic E-state index is 13.2. The van der Waals surface area contributed by atoms with Gasteiger partial charge in [0.2, 0.25) is 0 Å². The molecule has 3 aromatic rings. The lowest BCUT2D eigenvalue weighted by Gasteiger charge is -2.27. The molecule has 1 aliphatic rings. The van der Waals surface area contributed by atoms with Crippen molar-refractivity contribution in [1.29, 1.82) is 0 Å². The zero-order valence-electron chi connectivity index (χ0n) is 18.2. The lowest BCUT2D eigenvalue weighted by molar-refractivity contribution is 0.202. The van der Waals surface area contributed by atoms with E-state index in [1.165, 1.54) is 29.7 Å². The topological polar surface area (TPSA) is 35.6 Å². The molecule has 0 aromatic heterocycles. The number of hydrogen-bond acceptors (Lipinski definition) is 2. The predicted molar refractivity (Wildman–Crippen MR) is 127 cm³/mol. The number of urea groups is 1. The predicted octanol–water partition coefficient (Wildman–Crippen LogP) is 5.41. The van der Waals surface area contributed by atoms with Crippen molar-refractivity contribution in [3.05, 3.63) is 102 Å². The highest BCUT2D eigenvalue weighted by molar-refractivity contribution is 5.75. The summed E-state index contributed by atoms with van der Waals surface area (Å²) in [5.74, 6) is 0. The molecule has 1 atom stereocenters. The summed E-state index contributed by atoms with van der Waals surface area (Å²) in [6.07, 6.45) is 3.24. The van der Waals surface area contributed by atoms with Crippen LogP contribution >= 0.6 is 0 Å². The van der Waals surface area contributed by atoms with Gasteiger partial charge >= 0.3 is 6.03 Å². The lowest BCUT2D eigenvalue weighted by atomic mass is 9.99. The number of rotatable bonds is 7. The summed E-state index contributed by atoms with van der Waals surface area (Å²) in [5.41, 5.74) is 4.77. The first-order chi connectivity index (χ1) is 15.2. The van der Waals surface area contributed by atoms with Crippen molar-refractivity contribution in [3.63, 3.8) is 0 Å². The molecule has 0 saturated carbocycles. The SMILES string of the molecule is CN(Cc1ccccc1N1CCCC1)C(=O)NC(Cc1ccccc1)c1ccccc1. The number of hydrogen-bond donors (Lipinski definition) is 1. The second-order valence-corrected chi connectivity index (χ2v) is 8.28. The van der Waals surface area contributed by atoms with E-state index in [1.54, 1.807) is 4.90 Å². The number of amides is 2. The Labute approximate surface area is 185 Å². The molecular formula is C27H31N3O. The van der Waals surface area contributed by atoms with Crippen molar-refractivity contribution in [3.8, 4) is 0 Å². The molecule has 0 spiro atoms. The van der Waals surface area contributed by atoms with Gasteiger partial charge in [-0.25, -0.2) is 4.79 Å². The molecule has 1 saturated heterocycles. The lowest BCUT2D eigenvalue weighted by Crippen LogP contribution is -2.40. The van der Waals surface area contributed by atoms with Gasteiger partial charge < -0.3 is 15.1 Å². The average Bonchev–Trinajstić information content (AvgIpc) is 3.35. The molecule has 2 amide bonds. The minimum Gasteiger partial charge on any atom is -0.371 e. The Morgan fingerprint density at radius 3 is 2.23 bits per heavy atom. The number of nitrogens with one attached hydrogen (secondary N) is 1. The van der Waals surface area contributed by atoms with Crippen LogP contribution < -0.4 is 10.2 Å². The van der Waals surface area contributed by atoms with Crippen LogP contribution in [-0.2, 0) is 13.0 Å². The zero-order valence-corrected chi connectivity index (χ0v) is 18.2. The Morgan fingerprint density at radius 2 is 1.52 bits per heavy atom. The van der Waals surface area contributed by atoms with Gasteiger partial charge in [0, 0.05) is 32.4 Å². The minimum absolute atomic E-state index is 0.0546. The zero-order chi connectivity index (χ0) is 21.5. The van der Waals surface area contributed by atoms with Crippen LogP contribution in [0.5, 0.6) is 0 Å². The van der Waals surface area contributed by atoms with E-state index in [9.17, 15) is 4.79 Å². The molecule has 0 aliphatic carbocycles. The van der Waals surface area contributed by atoms with Gasteiger partial charge in [0.25, 0.3) is 0 Å². The van der Waals surface area contributed by atoms with Gasteiger partial charge in [-0.3, -0.25) is 0 Å². The van der Waals surface area contributed by atoms with Gasteiger partial charge in [-0.1, -0.05) is 78.9 Å². The molecule has 0 bridgehead atoms. The number of anilines is 1. The molecule has 1 unspecified atom stereocenters. The fourth-order valence-electron chi connectivity index (χ4n) is 4.28. The maximum Gasteiger partial charge on any atom is 0.317 e. The van der Waals surface area contributed by atoms with Gasteiger partial charge in [-0.2, -0.15) is 0 Å². The highest BCUT2D eigenvalue weighted by atomic mass is 16.2. The Morgan fingerprint density at radius 1 is 0.903 bits per heavy atom. The van der Waals surface area contributed by atoms with Crippen LogP contribution in [0.2, 0.25) is 0 Å². The number of carbonyl (C=O) groups excluding carboxylic acids is 1. The van der Waals surface area contributed by atoms with E-state index >= 15 is 0 Å². The average molecular weight is 414 g/mol. The van der Waals surface area contributed by atoms with Crippen molar-refractivity contribution in [1.82, 2.24) is 10.2 Å². The normalized spacial score (nSPS) is 14.3. The van der Waals surface area contributed by atoms with E-state index in [-0.39, 0.29) is 12.1 Å². The highest BCUT2D eigenvalue weighted by Crippen LogP contribution is 2.26. The fourth-order valence-corrected chi connectivity index (χ4v) is 4.28. The summed E-state index contributed by atoms with van der Waals surface area (Å²) in [4.78, 5) is 17.4. The van der Waals surface area contributed by atoms with Crippen molar-refractivity contribution >= 4 is 11.7 Å². The van der Waals surface area contributed by atoms with E-state index in [4.69, 9.17) is 0 Å². The molecule has 3 aromatic carbocycles. The molecule has 1 N–H and O–H groups in total. The highest BCUT2D eigenvalue weighted by Gasteiger charge is 2.20. The Bertz CT molecular complexity index is 968. The number of carbonyl (C=O) groups is 1. The quantitative estimate of drug-likeness (QED) is 0.562. The third-order valence-electron chi connectivity index (χ3n) is 5.97. The first-order valence-corrected chi connectivity index (χ1v) is 11.1. The second kappa shape index (κ2) is 10.2. The van der Waals surface area contributed by atoms with Crippen molar-refractivity contribution in [2.45, 2.75) is 31.8 Å². The largest absolute Gasteiger partial charge is 0.371 e. The summed E-state index contributed by atoms with van der Waals surface area (Å²) in [6.45, 7) is 2.78. The minimum atomic E-state index is -0.0765. The summed E-state index contributed by atoms with van der Waals surface area (Å²) in [5, 5.41) is 3.26. The Kier molecular flexibility index (Phi) is 6.88. The van der Waals surface area contributed by atoms with Crippen LogP contribution in [0.3, 0.4) is 0 Å². The molecule has 4 rings (SSSR count). The summed E-state index contributed by atoms with van der Waals surface area (Å²) in [7, 11) is 1.88. The van der Waals surface area contributed by atoms with Crippen molar-refractivity contribution < 1.29 is 4.79 Å². The van der Waals surface area contributed by atoms with Crippen LogP contribution in [0.4, 0.5) is 10.5 Å². The third-order valence-corrected chi connectivity index (χ3v) is 5.97. The molecule has 160 valence electrons. The number of para-hydroxylation sites is 1. The van der Waals surface area contributed by atoms with E-state index in [0.717, 1.165) is 25.1 Å². The smallest absolute Gasteiger partial charge is 0.317 e. The molecular weight excluding hydrogens is 382 g/mol. The van der Waals surface area contributed by atoms with Crippen molar-refractivity contribution in [2.75, 3.05) is 25.0 Å². The second-order valence-electron chi connectivity index (χ2n) is 8.28. The van der Waals surface area contributed by atoms with Crippen LogP contribution in [0.25, 0.3) is 0 Å². The van der Waals surface area contributed by atoms with Crippen LogP contribution in [0.15, 0.2) is 84.9 Å². The van der Waals surface area contributed by atoms with E-state index < -0.39 is 0 Å². The molecule has 4 nitrogen and oxygen atoms in total. The molecule has 31 heavy (non-hydrogen) atoms. The van der Waals surface area contributed by atoms with E-state index in [1.807, 2.05) is 43.4 Å². The fraction of sp³-hybridized carbons (Fsp3) is 0.296. The van der Waals surface area contributed by atoms with E-state index in [0.29, 0.717) is 6.54 Å². The first kappa shape index (κ1) is 21.0. The molecule has 1 fully saturated rings. The Hall–Kier alpha value is -3.27. The first-order valence-electron chi connectivity index (χ1n) is 11.1. The van der Waals surface area contributed by atoms with Gasteiger partial charge in [0.05, 0.1) is 6.04 Å². The summed E-state index contributed by atoms with van der Waals surface area (Å²) < 4.78 is 0. The standard InChI is InChI=1S/C27H31N3O/c1-29(21-24-16-8-9-17-26(24)30-18-10-11-19-30)27(31)28-25(23-14-6-3-7-15-23)20-22-12-4-2-5-13-22/h2-9,12-17,25H,10-11,18-21H2,1H3,(H,28,31). The third kappa shape index (κ3) is 5.46. The number of nitrogens with zero attached hydrogens (tertiary/aromatic N) is 2. The summed E-state index contributed by atoms with van der Waals surface area (Å²) in [6, 6.07) is 28.9. The van der Waals surface area contributed by atoms with Crippen LogP contribution in [0.1, 0.15) is 35.6 Å². The Balaban J connectivity index is 1.47. The molecule has 1 aliphatic heterocycles. The molecule has 4 heteroatoms. The van der Waals surface area contributed by atoms with Crippen molar-refractivity contribution in [2.24, 2.45) is 0 Å². The number of benzene rings is 3. The monoisotopic (exact) mass is 413 g/mol. The van der Waals surface area contributed by atoms with Gasteiger partial charge in [0.15, 0.2) is 0 Å². The summed E-state index contributed by atoms with van der Waals surface area (Å²) >= 11 is 0. The maximum absolute atomic E-state index is 13.2. The van der Waals surface area contributed by atoms with Gasteiger partial charge in [-0.15, -0.1) is 0 Å². The van der Waals surface area contributed by atoms with Gasteiger partial charge in [-0.05, 0) is 42.0 Å². The van der Waals surface area contributed by atoms with Crippen LogP contribution in [-0.4, -0.2) is 31.1 Å².